The lowest BCUT2D eigenvalue weighted by atomic mass is 9.92. The summed E-state index contributed by atoms with van der Waals surface area (Å²) in [5.74, 6) is -2.91. The molecule has 0 aromatic carbocycles. The number of aromatic nitrogens is 2. The van der Waals surface area contributed by atoms with Crippen LogP contribution in [0.5, 0.6) is 0 Å². The fraction of sp³-hybridized carbons (Fsp3) is 0.500. The summed E-state index contributed by atoms with van der Waals surface area (Å²) in [4.78, 5) is 5.32. The highest BCUT2D eigenvalue weighted by Crippen LogP contribution is 2.67. The average molecular weight is 359 g/mol. The zero-order chi connectivity index (χ0) is 13.9. The maximum absolute atomic E-state index is 13.4. The Morgan fingerprint density at radius 1 is 1.40 bits per heavy atom. The molecule has 0 radical (unpaired) electrons. The molecule has 6 heteroatoms. The smallest absolute Gasteiger partial charge is 0.254 e. The SMILES string of the molecule is FC1(F)C2CC(C(c3sccc3Br)n3ccnc3)CC21. The van der Waals surface area contributed by atoms with Crippen LogP contribution in [0.4, 0.5) is 8.78 Å². The Labute approximate surface area is 128 Å². The van der Waals surface area contributed by atoms with E-state index in [1.807, 2.05) is 17.6 Å². The van der Waals surface area contributed by atoms with E-state index in [1.54, 1.807) is 23.9 Å². The van der Waals surface area contributed by atoms with Gasteiger partial charge in [0, 0.05) is 33.6 Å². The molecule has 0 amide bonds. The van der Waals surface area contributed by atoms with Crippen LogP contribution in [0.2, 0.25) is 0 Å². The second-order valence-electron chi connectivity index (χ2n) is 5.71. The van der Waals surface area contributed by atoms with Crippen molar-refractivity contribution in [1.82, 2.24) is 9.55 Å². The number of nitrogens with zero attached hydrogens (tertiary/aromatic N) is 2. The van der Waals surface area contributed by atoms with Gasteiger partial charge in [-0.25, -0.2) is 13.8 Å². The molecule has 106 valence electrons. The van der Waals surface area contributed by atoms with E-state index in [4.69, 9.17) is 0 Å². The standard InChI is InChI=1S/C14H13BrF2N2S/c15-11-1-4-20-13(11)12(19-3-2-18-7-19)8-5-9-10(6-8)14(9,16)17/h1-4,7-10,12H,5-6H2. The molecule has 2 aromatic heterocycles. The van der Waals surface area contributed by atoms with E-state index in [0.717, 1.165) is 4.47 Å². The van der Waals surface area contributed by atoms with E-state index in [0.29, 0.717) is 12.8 Å². The number of halogens is 3. The molecular formula is C14H13BrF2N2S. The summed E-state index contributed by atoms with van der Waals surface area (Å²) in [6, 6.07) is 2.14. The van der Waals surface area contributed by atoms with Gasteiger partial charge in [-0.3, -0.25) is 0 Å². The molecule has 4 rings (SSSR count). The molecule has 3 unspecified atom stereocenters. The third-order valence-corrected chi connectivity index (χ3v) is 6.63. The Balaban J connectivity index is 1.66. The molecule has 2 fully saturated rings. The van der Waals surface area contributed by atoms with Gasteiger partial charge in [0.1, 0.15) is 0 Å². The van der Waals surface area contributed by atoms with E-state index >= 15 is 0 Å². The summed E-state index contributed by atoms with van der Waals surface area (Å²) >= 11 is 5.25. The molecule has 2 aliphatic carbocycles. The van der Waals surface area contributed by atoms with Gasteiger partial charge in [0.25, 0.3) is 5.92 Å². The minimum atomic E-state index is -2.40. The molecular weight excluding hydrogens is 346 g/mol. The average Bonchev–Trinajstić information content (AvgIpc) is 2.97. The van der Waals surface area contributed by atoms with Crippen LogP contribution in [-0.4, -0.2) is 15.5 Å². The third kappa shape index (κ3) is 1.80. The van der Waals surface area contributed by atoms with Gasteiger partial charge in [-0.2, -0.15) is 0 Å². The Morgan fingerprint density at radius 3 is 2.70 bits per heavy atom. The summed E-state index contributed by atoms with van der Waals surface area (Å²) in [7, 11) is 0. The van der Waals surface area contributed by atoms with Crippen molar-refractivity contribution in [2.75, 3.05) is 0 Å². The lowest BCUT2D eigenvalue weighted by Gasteiger charge is -2.26. The van der Waals surface area contributed by atoms with Crippen LogP contribution in [0.3, 0.4) is 0 Å². The number of thiophene rings is 1. The van der Waals surface area contributed by atoms with Crippen LogP contribution >= 0.6 is 27.3 Å². The Morgan fingerprint density at radius 2 is 2.15 bits per heavy atom. The highest BCUT2D eigenvalue weighted by molar-refractivity contribution is 9.10. The third-order valence-electron chi connectivity index (χ3n) is 4.68. The zero-order valence-corrected chi connectivity index (χ0v) is 12.9. The summed E-state index contributed by atoms with van der Waals surface area (Å²) in [6.45, 7) is 0. The lowest BCUT2D eigenvalue weighted by Crippen LogP contribution is -2.21. The number of imidazole rings is 1. The van der Waals surface area contributed by atoms with Gasteiger partial charge in [-0.05, 0) is 46.1 Å². The van der Waals surface area contributed by atoms with E-state index < -0.39 is 17.8 Å². The second kappa shape index (κ2) is 4.37. The van der Waals surface area contributed by atoms with Gasteiger partial charge in [0.05, 0.1) is 12.4 Å². The molecule has 2 saturated carbocycles. The Kier molecular flexibility index (Phi) is 2.83. The first kappa shape index (κ1) is 13.0. The molecule has 2 nitrogen and oxygen atoms in total. The fourth-order valence-corrected chi connectivity index (χ4v) is 5.46. The Hall–Kier alpha value is -0.750. The minimum absolute atomic E-state index is 0.121. The molecule has 0 aliphatic heterocycles. The van der Waals surface area contributed by atoms with Crippen LogP contribution in [0, 0.1) is 17.8 Å². The number of alkyl halides is 2. The number of fused-ring (bicyclic) bond motifs is 1. The van der Waals surface area contributed by atoms with Crippen LogP contribution in [0.1, 0.15) is 23.8 Å². The van der Waals surface area contributed by atoms with Gasteiger partial charge >= 0.3 is 0 Å². The summed E-state index contributed by atoms with van der Waals surface area (Å²) < 4.78 is 30.0. The molecule has 0 spiro atoms. The van der Waals surface area contributed by atoms with E-state index in [-0.39, 0.29) is 12.0 Å². The van der Waals surface area contributed by atoms with E-state index in [2.05, 4.69) is 25.5 Å². The van der Waals surface area contributed by atoms with Crippen molar-refractivity contribution in [2.45, 2.75) is 24.8 Å². The molecule has 0 bridgehead atoms. The van der Waals surface area contributed by atoms with Crippen molar-refractivity contribution in [2.24, 2.45) is 17.8 Å². The predicted molar refractivity (Wildman–Crippen MR) is 77.0 cm³/mol. The van der Waals surface area contributed by atoms with E-state index in [9.17, 15) is 8.78 Å². The molecule has 3 atom stereocenters. The van der Waals surface area contributed by atoms with Crippen molar-refractivity contribution in [3.05, 3.63) is 39.5 Å². The molecule has 20 heavy (non-hydrogen) atoms. The predicted octanol–water partition coefficient (Wildman–Crippen LogP) is 4.59. The van der Waals surface area contributed by atoms with Crippen molar-refractivity contribution in [1.29, 1.82) is 0 Å². The highest BCUT2D eigenvalue weighted by Gasteiger charge is 2.72. The molecule has 0 saturated heterocycles. The largest absolute Gasteiger partial charge is 0.329 e. The first-order valence-corrected chi connectivity index (χ1v) is 8.34. The monoisotopic (exact) mass is 358 g/mol. The van der Waals surface area contributed by atoms with Crippen LogP contribution in [-0.2, 0) is 0 Å². The van der Waals surface area contributed by atoms with E-state index in [1.165, 1.54) is 4.88 Å². The van der Waals surface area contributed by atoms with Crippen molar-refractivity contribution < 1.29 is 8.78 Å². The normalized spacial score (nSPS) is 32.0. The molecule has 2 aromatic rings. The second-order valence-corrected chi connectivity index (χ2v) is 7.51. The van der Waals surface area contributed by atoms with Gasteiger partial charge in [-0.1, -0.05) is 0 Å². The first-order valence-electron chi connectivity index (χ1n) is 6.67. The van der Waals surface area contributed by atoms with Gasteiger partial charge in [0.2, 0.25) is 0 Å². The maximum Gasteiger partial charge on any atom is 0.254 e. The van der Waals surface area contributed by atoms with Gasteiger partial charge < -0.3 is 4.57 Å². The van der Waals surface area contributed by atoms with Crippen LogP contribution in [0.15, 0.2) is 34.6 Å². The molecule has 2 aliphatic rings. The summed E-state index contributed by atoms with van der Waals surface area (Å²) in [6.07, 6.45) is 6.70. The minimum Gasteiger partial charge on any atom is -0.329 e. The van der Waals surface area contributed by atoms with Crippen molar-refractivity contribution in [3.63, 3.8) is 0 Å². The number of rotatable bonds is 3. The topological polar surface area (TPSA) is 17.8 Å². The zero-order valence-electron chi connectivity index (χ0n) is 10.5. The molecule has 0 N–H and O–H groups in total. The van der Waals surface area contributed by atoms with Crippen molar-refractivity contribution >= 4 is 27.3 Å². The van der Waals surface area contributed by atoms with Gasteiger partial charge in [-0.15, -0.1) is 11.3 Å². The highest BCUT2D eigenvalue weighted by atomic mass is 79.9. The van der Waals surface area contributed by atoms with Crippen LogP contribution in [0.25, 0.3) is 0 Å². The quantitative estimate of drug-likeness (QED) is 0.784. The number of hydrogen-bond acceptors (Lipinski definition) is 2. The summed E-state index contributed by atoms with van der Waals surface area (Å²) in [5, 5.41) is 2.04. The lowest BCUT2D eigenvalue weighted by molar-refractivity contribution is 0.0598. The van der Waals surface area contributed by atoms with Gasteiger partial charge in [0.15, 0.2) is 0 Å². The Bertz CT molecular complexity index is 611. The maximum atomic E-state index is 13.4. The van der Waals surface area contributed by atoms with Crippen LogP contribution < -0.4 is 0 Å². The molecule has 2 heterocycles. The fourth-order valence-electron chi connectivity index (χ4n) is 3.65. The summed E-state index contributed by atoms with van der Waals surface area (Å²) in [5.41, 5.74) is 0. The van der Waals surface area contributed by atoms with Crippen molar-refractivity contribution in [3.8, 4) is 0 Å². The number of hydrogen-bond donors (Lipinski definition) is 0. The first-order chi connectivity index (χ1) is 9.59.